The van der Waals surface area contributed by atoms with Crippen LogP contribution in [0.1, 0.15) is 37.6 Å². The monoisotopic (exact) mass is 311 g/mol. The summed E-state index contributed by atoms with van der Waals surface area (Å²) in [5.74, 6) is -0.390. The number of carbonyl (C=O) groups excluding carboxylic acids is 1. The van der Waals surface area contributed by atoms with E-state index >= 15 is 0 Å². The number of halogens is 1. The van der Waals surface area contributed by atoms with Crippen molar-refractivity contribution in [2.75, 3.05) is 19.0 Å². The molecule has 1 aromatic carbocycles. The van der Waals surface area contributed by atoms with Gasteiger partial charge < -0.3 is 14.8 Å². The first-order valence-corrected chi connectivity index (χ1v) is 7.54. The maximum Gasteiger partial charge on any atom is 0.340 e. The second-order valence-corrected chi connectivity index (χ2v) is 6.32. The van der Waals surface area contributed by atoms with Gasteiger partial charge in [-0.1, -0.05) is 25.4 Å². The van der Waals surface area contributed by atoms with E-state index in [0.717, 1.165) is 18.7 Å². The van der Waals surface area contributed by atoms with Crippen molar-refractivity contribution >= 4 is 23.3 Å². The van der Waals surface area contributed by atoms with Crippen molar-refractivity contribution in [3.8, 4) is 0 Å². The number of hydrogen-bond acceptors (Lipinski definition) is 4. The zero-order valence-corrected chi connectivity index (χ0v) is 13.7. The van der Waals surface area contributed by atoms with Crippen LogP contribution in [0.25, 0.3) is 0 Å². The molecule has 0 aromatic heterocycles. The van der Waals surface area contributed by atoms with E-state index in [9.17, 15) is 4.79 Å². The van der Waals surface area contributed by atoms with Crippen LogP contribution in [-0.4, -0.2) is 31.8 Å². The van der Waals surface area contributed by atoms with Gasteiger partial charge in [0, 0.05) is 28.8 Å². The predicted octanol–water partition coefficient (Wildman–Crippen LogP) is 3.74. The van der Waals surface area contributed by atoms with Gasteiger partial charge >= 0.3 is 5.97 Å². The van der Waals surface area contributed by atoms with Gasteiger partial charge in [0.1, 0.15) is 0 Å². The normalized spacial score (nSPS) is 23.3. The number of hydrogen-bond donors (Lipinski definition) is 1. The minimum Gasteiger partial charge on any atom is -0.465 e. The maximum absolute atomic E-state index is 11.9. The highest BCUT2D eigenvalue weighted by atomic mass is 35.5. The highest BCUT2D eigenvalue weighted by Crippen LogP contribution is 2.44. The van der Waals surface area contributed by atoms with Crippen LogP contribution in [0.5, 0.6) is 0 Å². The molecule has 1 aliphatic carbocycles. The van der Waals surface area contributed by atoms with Gasteiger partial charge in [-0.3, -0.25) is 0 Å². The molecule has 1 N–H and O–H groups in total. The van der Waals surface area contributed by atoms with Crippen LogP contribution in [0.15, 0.2) is 18.2 Å². The third-order valence-corrected chi connectivity index (χ3v) is 4.50. The fourth-order valence-corrected chi connectivity index (χ4v) is 2.90. The van der Waals surface area contributed by atoms with Gasteiger partial charge in [0.05, 0.1) is 18.8 Å². The number of methoxy groups -OCH3 is 1. The van der Waals surface area contributed by atoms with Gasteiger partial charge in [0.15, 0.2) is 0 Å². The van der Waals surface area contributed by atoms with Crippen molar-refractivity contribution < 1.29 is 14.3 Å². The number of benzene rings is 1. The van der Waals surface area contributed by atoms with E-state index in [1.165, 1.54) is 7.11 Å². The van der Waals surface area contributed by atoms with E-state index in [1.54, 1.807) is 12.1 Å². The molecule has 2 unspecified atom stereocenters. The molecule has 1 aromatic rings. The molecule has 0 radical (unpaired) electrons. The molecule has 21 heavy (non-hydrogen) atoms. The van der Waals surface area contributed by atoms with Crippen LogP contribution in [0.2, 0.25) is 5.02 Å². The molecule has 1 saturated carbocycles. The Bertz CT molecular complexity index is 530. The summed E-state index contributed by atoms with van der Waals surface area (Å²) >= 11 is 5.97. The van der Waals surface area contributed by atoms with E-state index in [2.05, 4.69) is 19.2 Å². The minimum absolute atomic E-state index is 0.0169. The number of anilines is 1. The molecule has 0 bridgehead atoms. The van der Waals surface area contributed by atoms with Crippen molar-refractivity contribution in [2.45, 2.75) is 39.3 Å². The summed E-state index contributed by atoms with van der Waals surface area (Å²) in [5, 5.41) is 3.94. The standard InChI is InChI=1S/C16H22ClNO3/c1-5-21-14-9-13(16(14,2)3)18-12-7-6-10(17)8-11(12)15(19)20-4/h6-8,13-14,18H,5,9H2,1-4H3. The smallest absolute Gasteiger partial charge is 0.340 e. The molecule has 1 aliphatic rings. The van der Waals surface area contributed by atoms with Gasteiger partial charge in [-0.05, 0) is 31.5 Å². The second kappa shape index (κ2) is 6.24. The first kappa shape index (κ1) is 16.1. The molecule has 0 heterocycles. The van der Waals surface area contributed by atoms with Crippen LogP contribution in [0, 0.1) is 5.41 Å². The molecule has 116 valence electrons. The Morgan fingerprint density at radius 2 is 2.19 bits per heavy atom. The van der Waals surface area contributed by atoms with E-state index in [0.29, 0.717) is 10.6 Å². The van der Waals surface area contributed by atoms with Crippen LogP contribution in [-0.2, 0) is 9.47 Å². The summed E-state index contributed by atoms with van der Waals surface area (Å²) in [6.45, 7) is 7.06. The molecular weight excluding hydrogens is 290 g/mol. The lowest BCUT2D eigenvalue weighted by atomic mass is 9.64. The summed E-state index contributed by atoms with van der Waals surface area (Å²) in [6, 6.07) is 5.46. The topological polar surface area (TPSA) is 47.6 Å². The van der Waals surface area contributed by atoms with Gasteiger partial charge in [-0.15, -0.1) is 0 Å². The summed E-state index contributed by atoms with van der Waals surface area (Å²) in [4.78, 5) is 11.9. The Labute approximate surface area is 130 Å². The zero-order chi connectivity index (χ0) is 15.6. The SMILES string of the molecule is CCOC1CC(Nc2ccc(Cl)cc2C(=O)OC)C1(C)C. The highest BCUT2D eigenvalue weighted by molar-refractivity contribution is 6.31. The van der Waals surface area contributed by atoms with Crippen molar-refractivity contribution in [3.63, 3.8) is 0 Å². The Morgan fingerprint density at radius 1 is 1.48 bits per heavy atom. The molecule has 0 spiro atoms. The highest BCUT2D eigenvalue weighted by Gasteiger charge is 2.49. The van der Waals surface area contributed by atoms with Gasteiger partial charge in [0.2, 0.25) is 0 Å². The lowest BCUT2D eigenvalue weighted by Gasteiger charge is -2.52. The van der Waals surface area contributed by atoms with E-state index in [-0.39, 0.29) is 17.6 Å². The van der Waals surface area contributed by atoms with Crippen LogP contribution >= 0.6 is 11.6 Å². The Kier molecular flexibility index (Phi) is 4.79. The molecule has 0 saturated heterocycles. The van der Waals surface area contributed by atoms with Crippen molar-refractivity contribution in [2.24, 2.45) is 5.41 Å². The molecule has 0 amide bonds. The predicted molar refractivity (Wildman–Crippen MR) is 84.0 cm³/mol. The Hall–Kier alpha value is -1.26. The molecule has 5 heteroatoms. The van der Waals surface area contributed by atoms with E-state index in [1.807, 2.05) is 13.0 Å². The molecule has 4 nitrogen and oxygen atoms in total. The van der Waals surface area contributed by atoms with Crippen molar-refractivity contribution in [1.29, 1.82) is 0 Å². The fraction of sp³-hybridized carbons (Fsp3) is 0.562. The quantitative estimate of drug-likeness (QED) is 0.841. The number of ether oxygens (including phenoxy) is 2. The largest absolute Gasteiger partial charge is 0.465 e. The lowest BCUT2D eigenvalue weighted by Crippen LogP contribution is -2.58. The summed E-state index contributed by atoms with van der Waals surface area (Å²) in [7, 11) is 1.37. The van der Waals surface area contributed by atoms with E-state index in [4.69, 9.17) is 21.1 Å². The van der Waals surface area contributed by atoms with Crippen LogP contribution in [0.3, 0.4) is 0 Å². The first-order valence-electron chi connectivity index (χ1n) is 7.16. The first-order chi connectivity index (χ1) is 9.90. The van der Waals surface area contributed by atoms with Crippen LogP contribution < -0.4 is 5.32 Å². The molecule has 2 rings (SSSR count). The number of nitrogens with one attached hydrogen (secondary N) is 1. The summed E-state index contributed by atoms with van der Waals surface area (Å²) in [6.07, 6.45) is 1.17. The van der Waals surface area contributed by atoms with Gasteiger partial charge in [0.25, 0.3) is 0 Å². The fourth-order valence-electron chi connectivity index (χ4n) is 2.72. The lowest BCUT2D eigenvalue weighted by molar-refractivity contribution is -0.0976. The van der Waals surface area contributed by atoms with Gasteiger partial charge in [-0.25, -0.2) is 4.79 Å². The van der Waals surface area contributed by atoms with Gasteiger partial charge in [-0.2, -0.15) is 0 Å². The number of esters is 1. The average Bonchev–Trinajstić information content (AvgIpc) is 2.46. The molecule has 0 aliphatic heterocycles. The average molecular weight is 312 g/mol. The maximum atomic E-state index is 11.9. The zero-order valence-electron chi connectivity index (χ0n) is 12.9. The number of carbonyl (C=O) groups is 1. The minimum atomic E-state index is -0.390. The third-order valence-electron chi connectivity index (χ3n) is 4.26. The van der Waals surface area contributed by atoms with E-state index < -0.39 is 5.97 Å². The second-order valence-electron chi connectivity index (χ2n) is 5.88. The molecule has 1 fully saturated rings. The molecular formula is C16H22ClNO3. The Balaban J connectivity index is 2.16. The Morgan fingerprint density at radius 3 is 2.76 bits per heavy atom. The summed E-state index contributed by atoms with van der Waals surface area (Å²) in [5.41, 5.74) is 1.23. The van der Waals surface area contributed by atoms with Crippen molar-refractivity contribution in [1.82, 2.24) is 0 Å². The summed E-state index contributed by atoms with van der Waals surface area (Å²) < 4.78 is 10.5. The third kappa shape index (κ3) is 3.16. The molecule has 2 atom stereocenters. The number of rotatable bonds is 5. The van der Waals surface area contributed by atoms with Crippen molar-refractivity contribution in [3.05, 3.63) is 28.8 Å². The van der Waals surface area contributed by atoms with Crippen LogP contribution in [0.4, 0.5) is 5.69 Å².